The highest BCUT2D eigenvalue weighted by atomic mass is 31.2. The van der Waals surface area contributed by atoms with E-state index >= 15 is 0 Å². The summed E-state index contributed by atoms with van der Waals surface area (Å²) >= 11 is 0. The quantitative estimate of drug-likeness (QED) is 0.239. The molecule has 0 fully saturated rings. The third-order valence-corrected chi connectivity index (χ3v) is 5.31. The maximum absolute atomic E-state index is 13.1. The molecule has 30 heavy (non-hydrogen) atoms. The van der Waals surface area contributed by atoms with Crippen LogP contribution in [0.1, 0.15) is 52.7 Å². The van der Waals surface area contributed by atoms with E-state index in [0.717, 1.165) is 16.2 Å². The molecule has 0 aromatic heterocycles. The summed E-state index contributed by atoms with van der Waals surface area (Å²) in [5.74, 6) is -0.310. The van der Waals surface area contributed by atoms with E-state index < -0.39 is 25.8 Å². The molecular weight excluding hydrogens is 409 g/mol. The van der Waals surface area contributed by atoms with E-state index in [2.05, 4.69) is 10.6 Å². The van der Waals surface area contributed by atoms with Gasteiger partial charge in [0.1, 0.15) is 0 Å². The minimum atomic E-state index is -3.99. The zero-order valence-corrected chi connectivity index (χ0v) is 19.9. The van der Waals surface area contributed by atoms with Crippen molar-refractivity contribution < 1.29 is 22.9 Å². The molecule has 0 unspecified atom stereocenters. The van der Waals surface area contributed by atoms with Crippen LogP contribution >= 0.6 is 7.82 Å². The second-order valence-corrected chi connectivity index (χ2v) is 10.3. The Balaban J connectivity index is 2.74. The van der Waals surface area contributed by atoms with Crippen molar-refractivity contribution in [1.82, 2.24) is 15.7 Å². The summed E-state index contributed by atoms with van der Waals surface area (Å²) in [6.45, 7) is 11.9. The summed E-state index contributed by atoms with van der Waals surface area (Å²) < 4.78 is 29.5. The molecule has 1 aromatic rings. The van der Waals surface area contributed by atoms with Gasteiger partial charge in [-0.3, -0.25) is 23.8 Å². The molecule has 1 amide bonds. The van der Waals surface area contributed by atoms with Crippen LogP contribution in [-0.4, -0.2) is 41.1 Å². The average Bonchev–Trinajstić information content (AvgIpc) is 2.53. The van der Waals surface area contributed by atoms with Gasteiger partial charge in [0.05, 0.1) is 17.6 Å². The first-order chi connectivity index (χ1) is 13.6. The Labute approximate surface area is 178 Å². The Morgan fingerprint density at radius 3 is 2.03 bits per heavy atom. The van der Waals surface area contributed by atoms with Gasteiger partial charge in [-0.25, -0.2) is 4.57 Å². The Hall–Kier alpha value is -1.84. The van der Waals surface area contributed by atoms with Crippen LogP contribution in [0, 0.1) is 12.5 Å². The van der Waals surface area contributed by atoms with Crippen molar-refractivity contribution in [3.8, 4) is 0 Å². The normalized spacial score (nSPS) is 12.7. The molecule has 0 aliphatic rings. The highest BCUT2D eigenvalue weighted by molar-refractivity contribution is 7.48. The lowest BCUT2D eigenvalue weighted by Gasteiger charge is -2.33. The van der Waals surface area contributed by atoms with E-state index in [9.17, 15) is 9.36 Å². The van der Waals surface area contributed by atoms with Crippen LogP contribution in [0.5, 0.6) is 0 Å². The van der Waals surface area contributed by atoms with E-state index in [1.54, 1.807) is 41.5 Å². The van der Waals surface area contributed by atoms with Gasteiger partial charge in [-0.05, 0) is 54.0 Å². The summed E-state index contributed by atoms with van der Waals surface area (Å²) in [6, 6.07) is 7.59. The maximum atomic E-state index is 13.1. The second kappa shape index (κ2) is 10.5. The van der Waals surface area contributed by atoms with Crippen molar-refractivity contribution in [1.29, 1.82) is 5.53 Å². The van der Waals surface area contributed by atoms with E-state index in [1.807, 2.05) is 31.2 Å². The summed E-state index contributed by atoms with van der Waals surface area (Å²) in [7, 11) is -2.51. The summed E-state index contributed by atoms with van der Waals surface area (Å²) in [6.07, 6.45) is 0.149. The van der Waals surface area contributed by atoms with Crippen molar-refractivity contribution in [3.05, 3.63) is 35.4 Å². The number of rotatable bonds is 10. The fourth-order valence-corrected chi connectivity index (χ4v) is 3.95. The number of carbonyl (C=O) groups excluding carboxylic acids is 1. The molecule has 0 spiro atoms. The summed E-state index contributed by atoms with van der Waals surface area (Å²) in [4.78, 5) is 12.3. The van der Waals surface area contributed by atoms with Gasteiger partial charge >= 0.3 is 7.82 Å². The number of hydrazine groups is 2. The first-order valence-corrected chi connectivity index (χ1v) is 11.0. The predicted molar refractivity (Wildman–Crippen MR) is 113 cm³/mol. The van der Waals surface area contributed by atoms with Crippen LogP contribution < -0.4 is 5.43 Å². The third-order valence-electron chi connectivity index (χ3n) is 3.34. The number of hydrogen-bond donors (Lipinski definition) is 2. The molecule has 0 atom stereocenters. The fourth-order valence-electron chi connectivity index (χ4n) is 2.22. The first-order valence-electron chi connectivity index (χ1n) is 9.52. The third kappa shape index (κ3) is 10.3. The van der Waals surface area contributed by atoms with Crippen molar-refractivity contribution in [2.75, 3.05) is 13.8 Å². The number of carbonyl (C=O) groups is 1. The van der Waals surface area contributed by atoms with Crippen LogP contribution in [0.3, 0.4) is 0 Å². The smallest absolute Gasteiger partial charge is 0.281 e. The minimum Gasteiger partial charge on any atom is -0.281 e. The molecule has 0 aliphatic carbocycles. The number of hydrogen-bond acceptors (Lipinski definition) is 8. The number of phosphoric acid groups is 1. The number of nitrogens with zero attached hydrogens (tertiary/aromatic N) is 3. The lowest BCUT2D eigenvalue weighted by Crippen LogP contribution is -2.49. The Morgan fingerprint density at radius 1 is 1.10 bits per heavy atom. The van der Waals surface area contributed by atoms with Crippen molar-refractivity contribution >= 4 is 13.7 Å². The van der Waals surface area contributed by atoms with Crippen molar-refractivity contribution in [2.24, 2.45) is 5.22 Å². The van der Waals surface area contributed by atoms with E-state index in [0.29, 0.717) is 0 Å². The Bertz CT molecular complexity index is 738. The van der Waals surface area contributed by atoms with Gasteiger partial charge in [0.15, 0.2) is 6.73 Å². The lowest BCUT2D eigenvalue weighted by atomic mass is 10.1. The molecule has 0 bridgehead atoms. The van der Waals surface area contributed by atoms with Gasteiger partial charge < -0.3 is 0 Å². The molecule has 0 radical (unpaired) electrons. The molecule has 0 saturated heterocycles. The molecule has 0 saturated carbocycles. The van der Waals surface area contributed by atoms with E-state index in [4.69, 9.17) is 19.1 Å². The van der Waals surface area contributed by atoms with Crippen LogP contribution in [-0.2, 0) is 29.4 Å². The zero-order valence-electron chi connectivity index (χ0n) is 19.1. The zero-order chi connectivity index (χ0) is 23.2. The number of benzene rings is 1. The van der Waals surface area contributed by atoms with Gasteiger partial charge in [0.2, 0.25) is 5.91 Å². The molecule has 170 valence electrons. The second-order valence-electron chi connectivity index (χ2n) is 8.81. The maximum Gasteiger partial charge on any atom is 0.477 e. The average molecular weight is 443 g/mol. The number of aryl methyl sites for hydroxylation is 1. The standard InChI is InChI=1S/C19H34N5O5P/c1-15-9-11-16(12-10-15)13-17(25)21-23(8)24(22-20)14-27-30(26,28-18(2,3)4)29-19(5,6)7/h9-12,20H,13-14H2,1-8H3,(H,21,25). The largest absolute Gasteiger partial charge is 0.477 e. The van der Waals surface area contributed by atoms with Gasteiger partial charge in [0.25, 0.3) is 0 Å². The van der Waals surface area contributed by atoms with Gasteiger partial charge in [-0.15, -0.1) is 5.12 Å². The SMILES string of the molecule is Cc1ccc(CC(=O)NN(C)N(COP(=O)(OC(C)(C)C)OC(C)(C)C)N=N)cc1. The molecular formula is C19H34N5O5P. The van der Waals surface area contributed by atoms with E-state index in [1.165, 1.54) is 12.2 Å². The molecule has 10 nitrogen and oxygen atoms in total. The van der Waals surface area contributed by atoms with E-state index in [-0.39, 0.29) is 12.3 Å². The molecule has 1 rings (SSSR count). The first kappa shape index (κ1) is 26.2. The topological polar surface area (TPSA) is 117 Å². The molecule has 11 heteroatoms. The summed E-state index contributed by atoms with van der Waals surface area (Å²) in [5.41, 5.74) is 10.3. The number of nitrogens with one attached hydrogen (secondary N) is 2. The lowest BCUT2D eigenvalue weighted by molar-refractivity contribution is -0.145. The van der Waals surface area contributed by atoms with Crippen LogP contribution in [0.4, 0.5) is 0 Å². The summed E-state index contributed by atoms with van der Waals surface area (Å²) in [5, 5.41) is 5.43. The highest BCUT2D eigenvalue weighted by Gasteiger charge is 2.38. The van der Waals surface area contributed by atoms with Crippen LogP contribution in [0.15, 0.2) is 29.5 Å². The number of phosphoric ester groups is 1. The molecule has 0 heterocycles. The fraction of sp³-hybridized carbons (Fsp3) is 0.632. The minimum absolute atomic E-state index is 0.149. The Morgan fingerprint density at radius 2 is 1.60 bits per heavy atom. The van der Waals surface area contributed by atoms with Crippen LogP contribution in [0.25, 0.3) is 0 Å². The van der Waals surface area contributed by atoms with Gasteiger partial charge in [-0.2, -0.15) is 10.6 Å². The van der Waals surface area contributed by atoms with Crippen molar-refractivity contribution in [3.63, 3.8) is 0 Å². The van der Waals surface area contributed by atoms with Crippen LogP contribution in [0.2, 0.25) is 0 Å². The molecule has 1 aromatic carbocycles. The van der Waals surface area contributed by atoms with Crippen molar-refractivity contribution in [2.45, 2.75) is 66.1 Å². The predicted octanol–water partition coefficient (Wildman–Crippen LogP) is 4.38. The highest BCUT2D eigenvalue weighted by Crippen LogP contribution is 2.55. The molecule has 0 aliphatic heterocycles. The van der Waals surface area contributed by atoms with Gasteiger partial charge in [0, 0.05) is 7.05 Å². The number of amides is 1. The monoisotopic (exact) mass is 443 g/mol. The van der Waals surface area contributed by atoms with Gasteiger partial charge in [-0.1, -0.05) is 35.1 Å². The molecule has 2 N–H and O–H groups in total. The Kier molecular flexibility index (Phi) is 9.13.